The number of alkyl halides is 1. The fourth-order valence-corrected chi connectivity index (χ4v) is 1.27. The van der Waals surface area contributed by atoms with Gasteiger partial charge in [-0.3, -0.25) is 0 Å². The highest BCUT2D eigenvalue weighted by Gasteiger charge is 1.97. The monoisotopic (exact) mass is 261 g/mol. The predicted molar refractivity (Wildman–Crippen MR) is 58.4 cm³/mol. The number of hydrogen-bond donors (Lipinski definition) is 0. The molecule has 5 heteroatoms. The Bertz CT molecular complexity index is 252. The second kappa shape index (κ2) is 6.95. The van der Waals surface area contributed by atoms with Crippen LogP contribution in [0.15, 0.2) is 6.20 Å². The third-order valence-electron chi connectivity index (χ3n) is 1.83. The minimum Gasteiger partial charge on any atom is -0.380 e. The molecule has 0 N–H and O–H groups in total. The lowest BCUT2D eigenvalue weighted by Crippen LogP contribution is -2.07. The van der Waals surface area contributed by atoms with Gasteiger partial charge in [0.15, 0.2) is 0 Å². The Labute approximate surface area is 92.8 Å². The molecule has 0 aliphatic carbocycles. The lowest BCUT2D eigenvalue weighted by molar-refractivity contribution is 0.120. The van der Waals surface area contributed by atoms with Gasteiger partial charge in [-0.25, -0.2) is 4.68 Å². The standard InChI is InChI=1S/C9H16BrN3O/c1-2-3-5-14-6-4-13-8-9(7-10)11-12-13/h8H,2-7H2,1H3. The summed E-state index contributed by atoms with van der Waals surface area (Å²) in [5, 5.41) is 8.68. The van der Waals surface area contributed by atoms with Crippen molar-refractivity contribution in [3.05, 3.63) is 11.9 Å². The van der Waals surface area contributed by atoms with Crippen LogP contribution in [0.2, 0.25) is 0 Å². The first-order valence-corrected chi connectivity index (χ1v) is 6.01. The van der Waals surface area contributed by atoms with Gasteiger partial charge in [0.1, 0.15) is 0 Å². The number of aromatic nitrogens is 3. The number of ether oxygens (including phenoxy) is 1. The molecule has 0 radical (unpaired) electrons. The molecule has 0 saturated heterocycles. The van der Waals surface area contributed by atoms with Gasteiger partial charge < -0.3 is 4.74 Å². The van der Waals surface area contributed by atoms with Crippen molar-refractivity contribution in [1.82, 2.24) is 15.0 Å². The molecule has 0 atom stereocenters. The van der Waals surface area contributed by atoms with Gasteiger partial charge in [0.05, 0.1) is 18.8 Å². The van der Waals surface area contributed by atoms with E-state index in [1.807, 2.05) is 10.9 Å². The fourth-order valence-electron chi connectivity index (χ4n) is 1.02. The Hall–Kier alpha value is -0.420. The van der Waals surface area contributed by atoms with Crippen molar-refractivity contribution in [2.75, 3.05) is 13.2 Å². The van der Waals surface area contributed by atoms with E-state index in [9.17, 15) is 0 Å². The molecule has 1 rings (SSSR count). The van der Waals surface area contributed by atoms with Crippen molar-refractivity contribution >= 4 is 15.9 Å². The Kier molecular flexibility index (Phi) is 5.78. The average molecular weight is 262 g/mol. The van der Waals surface area contributed by atoms with Crippen LogP contribution in [0.5, 0.6) is 0 Å². The third kappa shape index (κ3) is 4.19. The summed E-state index contributed by atoms with van der Waals surface area (Å²) < 4.78 is 7.23. The molecule has 0 aromatic carbocycles. The minimum atomic E-state index is 0.713. The van der Waals surface area contributed by atoms with Gasteiger partial charge in [-0.2, -0.15) is 0 Å². The highest BCUT2D eigenvalue weighted by molar-refractivity contribution is 9.08. The van der Waals surface area contributed by atoms with Gasteiger partial charge in [0.2, 0.25) is 0 Å². The van der Waals surface area contributed by atoms with Crippen LogP contribution in [0.3, 0.4) is 0 Å². The van der Waals surface area contributed by atoms with E-state index >= 15 is 0 Å². The van der Waals surface area contributed by atoms with E-state index in [0.717, 1.165) is 30.6 Å². The van der Waals surface area contributed by atoms with Crippen molar-refractivity contribution in [3.63, 3.8) is 0 Å². The molecule has 1 heterocycles. The largest absolute Gasteiger partial charge is 0.380 e. The highest BCUT2D eigenvalue weighted by Crippen LogP contribution is 1.99. The lowest BCUT2D eigenvalue weighted by Gasteiger charge is -2.02. The van der Waals surface area contributed by atoms with Crippen LogP contribution < -0.4 is 0 Å². The Morgan fingerprint density at radius 2 is 2.36 bits per heavy atom. The second-order valence-electron chi connectivity index (χ2n) is 3.07. The summed E-state index contributed by atoms with van der Waals surface area (Å²) in [7, 11) is 0. The number of rotatable bonds is 7. The molecule has 0 bridgehead atoms. The molecule has 0 amide bonds. The van der Waals surface area contributed by atoms with E-state index in [2.05, 4.69) is 33.2 Å². The van der Waals surface area contributed by atoms with Gasteiger partial charge in [-0.1, -0.05) is 34.5 Å². The quantitative estimate of drug-likeness (QED) is 0.557. The van der Waals surface area contributed by atoms with E-state index in [0.29, 0.717) is 6.61 Å². The van der Waals surface area contributed by atoms with Crippen molar-refractivity contribution in [3.8, 4) is 0 Å². The van der Waals surface area contributed by atoms with E-state index in [1.165, 1.54) is 6.42 Å². The van der Waals surface area contributed by atoms with Gasteiger partial charge in [-0.15, -0.1) is 5.10 Å². The number of hydrogen-bond acceptors (Lipinski definition) is 3. The molecular formula is C9H16BrN3O. The van der Waals surface area contributed by atoms with Gasteiger partial charge in [0.25, 0.3) is 0 Å². The molecule has 1 aromatic rings. The average Bonchev–Trinajstić information content (AvgIpc) is 2.65. The van der Waals surface area contributed by atoms with Crippen LogP contribution in [0.1, 0.15) is 25.5 Å². The molecule has 0 saturated carbocycles. The molecule has 1 aromatic heterocycles. The molecule has 0 unspecified atom stereocenters. The topological polar surface area (TPSA) is 39.9 Å². The predicted octanol–water partition coefficient (Wildman–Crippen LogP) is 1.99. The summed E-state index contributed by atoms with van der Waals surface area (Å²) in [6.07, 6.45) is 4.24. The lowest BCUT2D eigenvalue weighted by atomic mass is 10.4. The van der Waals surface area contributed by atoms with E-state index in [1.54, 1.807) is 0 Å². The van der Waals surface area contributed by atoms with Crippen molar-refractivity contribution in [2.24, 2.45) is 0 Å². The summed E-state index contributed by atoms with van der Waals surface area (Å²) in [4.78, 5) is 0. The van der Waals surface area contributed by atoms with Crippen LogP contribution in [0.25, 0.3) is 0 Å². The smallest absolute Gasteiger partial charge is 0.0932 e. The molecule has 4 nitrogen and oxygen atoms in total. The first-order valence-electron chi connectivity index (χ1n) is 4.89. The van der Waals surface area contributed by atoms with Crippen LogP contribution in [0.4, 0.5) is 0 Å². The Morgan fingerprint density at radius 3 is 3.00 bits per heavy atom. The maximum atomic E-state index is 5.42. The third-order valence-corrected chi connectivity index (χ3v) is 2.40. The summed E-state index contributed by atoms with van der Waals surface area (Å²) in [5.41, 5.74) is 0.957. The van der Waals surface area contributed by atoms with Crippen LogP contribution in [-0.2, 0) is 16.6 Å². The minimum absolute atomic E-state index is 0.713. The molecule has 0 spiro atoms. The Morgan fingerprint density at radius 1 is 1.50 bits per heavy atom. The van der Waals surface area contributed by atoms with Crippen LogP contribution >= 0.6 is 15.9 Å². The van der Waals surface area contributed by atoms with E-state index in [-0.39, 0.29) is 0 Å². The van der Waals surface area contributed by atoms with Gasteiger partial charge >= 0.3 is 0 Å². The molecular weight excluding hydrogens is 246 g/mol. The Balaban J connectivity index is 2.12. The zero-order chi connectivity index (χ0) is 10.2. The van der Waals surface area contributed by atoms with E-state index in [4.69, 9.17) is 4.74 Å². The zero-order valence-corrected chi connectivity index (χ0v) is 10.0. The van der Waals surface area contributed by atoms with Crippen molar-refractivity contribution in [1.29, 1.82) is 0 Å². The van der Waals surface area contributed by atoms with Crippen LogP contribution in [-0.4, -0.2) is 28.2 Å². The van der Waals surface area contributed by atoms with Crippen molar-refractivity contribution in [2.45, 2.75) is 31.6 Å². The maximum absolute atomic E-state index is 5.42. The molecule has 80 valence electrons. The van der Waals surface area contributed by atoms with Crippen molar-refractivity contribution < 1.29 is 4.74 Å². The van der Waals surface area contributed by atoms with Crippen LogP contribution in [0, 0.1) is 0 Å². The fraction of sp³-hybridized carbons (Fsp3) is 0.778. The molecule has 14 heavy (non-hydrogen) atoms. The highest BCUT2D eigenvalue weighted by atomic mass is 79.9. The maximum Gasteiger partial charge on any atom is 0.0932 e. The normalized spacial score (nSPS) is 10.7. The molecule has 0 aliphatic rings. The first kappa shape index (κ1) is 11.7. The van der Waals surface area contributed by atoms with Gasteiger partial charge in [0, 0.05) is 18.1 Å². The summed E-state index contributed by atoms with van der Waals surface area (Å²) >= 11 is 3.33. The SMILES string of the molecule is CCCCOCCn1cc(CBr)nn1. The number of unbranched alkanes of at least 4 members (excludes halogenated alkanes) is 1. The summed E-state index contributed by atoms with van der Waals surface area (Å²) in [6.45, 7) is 4.49. The summed E-state index contributed by atoms with van der Waals surface area (Å²) in [6, 6.07) is 0. The van der Waals surface area contributed by atoms with E-state index < -0.39 is 0 Å². The zero-order valence-electron chi connectivity index (χ0n) is 8.45. The van der Waals surface area contributed by atoms with Gasteiger partial charge in [-0.05, 0) is 6.42 Å². The second-order valence-corrected chi connectivity index (χ2v) is 3.63. The molecule has 0 fully saturated rings. The number of halogens is 1. The molecule has 0 aliphatic heterocycles. The number of nitrogens with zero attached hydrogens (tertiary/aromatic N) is 3. The first-order chi connectivity index (χ1) is 6.86. The summed E-state index contributed by atoms with van der Waals surface area (Å²) in [5.74, 6) is 0.